The highest BCUT2D eigenvalue weighted by Gasteiger charge is 2.25. The van der Waals surface area contributed by atoms with E-state index in [4.69, 9.17) is 0 Å². The van der Waals surface area contributed by atoms with Crippen LogP contribution in [0.5, 0.6) is 0 Å². The van der Waals surface area contributed by atoms with Crippen LogP contribution in [0.25, 0.3) is 0 Å². The Morgan fingerprint density at radius 1 is 1.14 bits per heavy atom. The van der Waals surface area contributed by atoms with E-state index in [-0.39, 0.29) is 24.3 Å². The van der Waals surface area contributed by atoms with Gasteiger partial charge in [-0.3, -0.25) is 9.59 Å². The molecule has 8 heteroatoms. The van der Waals surface area contributed by atoms with Crippen molar-refractivity contribution < 1.29 is 22.8 Å². The molecule has 1 atom stereocenters. The Labute approximate surface area is 167 Å². The molecule has 1 aromatic carbocycles. The molecule has 5 nitrogen and oxygen atoms in total. The van der Waals surface area contributed by atoms with Crippen LogP contribution in [0.3, 0.4) is 0 Å². The minimum atomic E-state index is -4.15. The Morgan fingerprint density at radius 3 is 2.38 bits per heavy atom. The van der Waals surface area contributed by atoms with Gasteiger partial charge >= 0.3 is 6.18 Å². The van der Waals surface area contributed by atoms with Crippen molar-refractivity contribution in [3.63, 3.8) is 0 Å². The third-order valence-corrected chi connectivity index (χ3v) is 4.27. The molecule has 1 unspecified atom stereocenters. The highest BCUT2D eigenvalue weighted by atomic mass is 19.4. The van der Waals surface area contributed by atoms with Gasteiger partial charge in [-0.25, -0.2) is 4.98 Å². The van der Waals surface area contributed by atoms with E-state index in [2.05, 4.69) is 15.6 Å². The van der Waals surface area contributed by atoms with Gasteiger partial charge in [-0.05, 0) is 62.1 Å². The zero-order valence-electron chi connectivity index (χ0n) is 16.6. The summed E-state index contributed by atoms with van der Waals surface area (Å²) < 4.78 is 36.7. The molecule has 0 aliphatic rings. The van der Waals surface area contributed by atoms with Crippen LogP contribution in [0.2, 0.25) is 0 Å². The van der Waals surface area contributed by atoms with Crippen molar-refractivity contribution in [2.75, 3.05) is 5.32 Å². The first-order valence-corrected chi connectivity index (χ1v) is 9.26. The molecule has 0 bridgehead atoms. The van der Waals surface area contributed by atoms with Gasteiger partial charge in [0.2, 0.25) is 5.91 Å². The summed E-state index contributed by atoms with van der Waals surface area (Å²) in [5.41, 5.74) is 2.67. The molecule has 1 aromatic heterocycles. The number of carbonyl (C=O) groups is 2. The number of hydrogen-bond acceptors (Lipinski definition) is 3. The summed E-state index contributed by atoms with van der Waals surface area (Å²) in [6.07, 6.45) is -4.65. The number of pyridine rings is 1. The topological polar surface area (TPSA) is 71.1 Å². The molecule has 0 spiro atoms. The van der Waals surface area contributed by atoms with E-state index in [9.17, 15) is 22.8 Å². The second kappa shape index (κ2) is 9.54. The molecule has 2 N–H and O–H groups in total. The van der Waals surface area contributed by atoms with Crippen molar-refractivity contribution in [2.24, 2.45) is 0 Å². The molecular weight excluding hydrogens is 383 g/mol. The van der Waals surface area contributed by atoms with Gasteiger partial charge in [0.15, 0.2) is 0 Å². The lowest BCUT2D eigenvalue weighted by molar-refractivity contribution is -0.135. The van der Waals surface area contributed by atoms with Crippen LogP contribution in [0.15, 0.2) is 36.4 Å². The Kier molecular flexibility index (Phi) is 7.36. The van der Waals surface area contributed by atoms with E-state index < -0.39 is 12.6 Å². The SMILES string of the molecule is CC(=O)Nc1cc(C(C)NC(=O)c2ccc(CCCC(F)(F)F)cc2)cc(C)n1. The summed E-state index contributed by atoms with van der Waals surface area (Å²) >= 11 is 0. The standard InChI is InChI=1S/C21H24F3N3O2/c1-13-11-18(12-19(25-13)27-15(3)28)14(2)26-20(29)17-8-6-16(7-9-17)5-4-10-21(22,23)24/h6-9,11-12,14H,4-5,10H2,1-3H3,(H,26,29)(H,25,27,28). The number of rotatable bonds is 7. The predicted molar refractivity (Wildman–Crippen MR) is 105 cm³/mol. The Hall–Kier alpha value is -2.90. The van der Waals surface area contributed by atoms with Crippen molar-refractivity contribution >= 4 is 17.6 Å². The number of benzene rings is 1. The van der Waals surface area contributed by atoms with Crippen molar-refractivity contribution in [3.8, 4) is 0 Å². The fourth-order valence-corrected chi connectivity index (χ4v) is 2.87. The molecule has 2 aromatic rings. The van der Waals surface area contributed by atoms with Gasteiger partial charge in [0, 0.05) is 24.6 Å². The largest absolute Gasteiger partial charge is 0.389 e. The lowest BCUT2D eigenvalue weighted by atomic mass is 10.0. The average molecular weight is 407 g/mol. The van der Waals surface area contributed by atoms with Crippen LogP contribution in [-0.4, -0.2) is 23.0 Å². The summed E-state index contributed by atoms with van der Waals surface area (Å²) in [6.45, 7) is 5.00. The highest BCUT2D eigenvalue weighted by molar-refractivity contribution is 5.94. The number of nitrogens with one attached hydrogen (secondary N) is 2. The first-order valence-electron chi connectivity index (χ1n) is 9.26. The van der Waals surface area contributed by atoms with E-state index >= 15 is 0 Å². The molecule has 0 saturated heterocycles. The van der Waals surface area contributed by atoms with Crippen LogP contribution in [0.4, 0.5) is 19.0 Å². The predicted octanol–water partition coefficient (Wildman–Crippen LogP) is 4.72. The third-order valence-electron chi connectivity index (χ3n) is 4.27. The van der Waals surface area contributed by atoms with Crippen LogP contribution in [-0.2, 0) is 11.2 Å². The number of aryl methyl sites for hydroxylation is 2. The minimum Gasteiger partial charge on any atom is -0.346 e. The Morgan fingerprint density at radius 2 is 1.79 bits per heavy atom. The van der Waals surface area contributed by atoms with Gasteiger partial charge in [0.25, 0.3) is 5.91 Å². The summed E-state index contributed by atoms with van der Waals surface area (Å²) in [5, 5.41) is 5.50. The van der Waals surface area contributed by atoms with Crippen LogP contribution < -0.4 is 10.6 Å². The van der Waals surface area contributed by atoms with Gasteiger partial charge in [-0.15, -0.1) is 0 Å². The zero-order chi connectivity index (χ0) is 21.6. The molecule has 2 amide bonds. The van der Waals surface area contributed by atoms with E-state index in [0.29, 0.717) is 23.5 Å². The number of amides is 2. The van der Waals surface area contributed by atoms with Gasteiger partial charge in [0.05, 0.1) is 6.04 Å². The molecular formula is C21H24F3N3O2. The summed E-state index contributed by atoms with van der Waals surface area (Å²) in [4.78, 5) is 27.9. The van der Waals surface area contributed by atoms with Crippen LogP contribution in [0.1, 0.15) is 59.9 Å². The number of alkyl halides is 3. The molecule has 0 fully saturated rings. The number of halogens is 3. The summed E-state index contributed by atoms with van der Waals surface area (Å²) in [7, 11) is 0. The lowest BCUT2D eigenvalue weighted by Gasteiger charge is -2.16. The number of hydrogen-bond donors (Lipinski definition) is 2. The monoisotopic (exact) mass is 407 g/mol. The van der Waals surface area contributed by atoms with Crippen molar-refractivity contribution in [1.82, 2.24) is 10.3 Å². The fraction of sp³-hybridized carbons (Fsp3) is 0.381. The van der Waals surface area contributed by atoms with Gasteiger partial charge in [0.1, 0.15) is 5.82 Å². The minimum absolute atomic E-state index is 0.0180. The molecule has 156 valence electrons. The highest BCUT2D eigenvalue weighted by Crippen LogP contribution is 2.23. The maximum atomic E-state index is 12.5. The zero-order valence-corrected chi connectivity index (χ0v) is 16.6. The van der Waals surface area contributed by atoms with E-state index in [1.807, 2.05) is 13.0 Å². The van der Waals surface area contributed by atoms with E-state index in [1.165, 1.54) is 6.92 Å². The van der Waals surface area contributed by atoms with E-state index in [0.717, 1.165) is 11.1 Å². The van der Waals surface area contributed by atoms with Crippen molar-refractivity contribution in [3.05, 3.63) is 58.8 Å². The van der Waals surface area contributed by atoms with Crippen LogP contribution >= 0.6 is 0 Å². The second-order valence-electron chi connectivity index (χ2n) is 6.97. The molecule has 2 rings (SSSR count). The smallest absolute Gasteiger partial charge is 0.346 e. The summed E-state index contributed by atoms with van der Waals surface area (Å²) in [6, 6.07) is 9.73. The molecule has 0 aliphatic heterocycles. The molecule has 0 saturated carbocycles. The Balaban J connectivity index is 1.99. The van der Waals surface area contributed by atoms with Crippen molar-refractivity contribution in [2.45, 2.75) is 52.3 Å². The normalized spacial score (nSPS) is 12.3. The quantitative estimate of drug-likeness (QED) is 0.697. The molecule has 0 aliphatic carbocycles. The second-order valence-corrected chi connectivity index (χ2v) is 6.97. The van der Waals surface area contributed by atoms with Gasteiger partial charge in [-0.2, -0.15) is 13.2 Å². The van der Waals surface area contributed by atoms with Crippen LogP contribution in [0, 0.1) is 6.92 Å². The maximum absolute atomic E-state index is 12.5. The number of aromatic nitrogens is 1. The fourth-order valence-electron chi connectivity index (χ4n) is 2.87. The molecule has 0 radical (unpaired) electrons. The number of anilines is 1. The van der Waals surface area contributed by atoms with Gasteiger partial charge < -0.3 is 10.6 Å². The summed E-state index contributed by atoms with van der Waals surface area (Å²) in [5.74, 6) is -0.118. The third kappa shape index (κ3) is 7.56. The molecule has 29 heavy (non-hydrogen) atoms. The first kappa shape index (κ1) is 22.4. The first-order chi connectivity index (χ1) is 13.5. The maximum Gasteiger partial charge on any atom is 0.389 e. The van der Waals surface area contributed by atoms with Crippen molar-refractivity contribution in [1.29, 1.82) is 0 Å². The van der Waals surface area contributed by atoms with E-state index in [1.54, 1.807) is 37.3 Å². The average Bonchev–Trinajstić information content (AvgIpc) is 2.60. The van der Waals surface area contributed by atoms with Gasteiger partial charge in [-0.1, -0.05) is 12.1 Å². The number of nitrogens with zero attached hydrogens (tertiary/aromatic N) is 1. The number of carbonyl (C=O) groups excluding carboxylic acids is 2. The lowest BCUT2D eigenvalue weighted by Crippen LogP contribution is -2.27. The Bertz CT molecular complexity index is 864. The molecule has 1 heterocycles.